The molecule has 6 heteroatoms. The summed E-state index contributed by atoms with van der Waals surface area (Å²) < 4.78 is 39.0. The lowest BCUT2D eigenvalue weighted by Gasteiger charge is -2.19. The highest BCUT2D eigenvalue weighted by Crippen LogP contribution is 2.15. The summed E-state index contributed by atoms with van der Waals surface area (Å²) in [7, 11) is 0. The van der Waals surface area contributed by atoms with Crippen LogP contribution in [-0.4, -0.2) is 17.8 Å². The van der Waals surface area contributed by atoms with Gasteiger partial charge in [0.25, 0.3) is 5.91 Å². The van der Waals surface area contributed by atoms with Gasteiger partial charge in [0.15, 0.2) is 17.5 Å². The summed E-state index contributed by atoms with van der Waals surface area (Å²) in [5.41, 5.74) is -0.537. The maximum atomic E-state index is 13.4. The molecule has 100 valence electrons. The van der Waals surface area contributed by atoms with Crippen molar-refractivity contribution in [1.29, 1.82) is 0 Å². The molecule has 18 heavy (non-hydrogen) atoms. The zero-order valence-electron chi connectivity index (χ0n) is 9.94. The fraction of sp³-hybridized carbons (Fsp3) is 0.417. The van der Waals surface area contributed by atoms with E-state index in [0.717, 1.165) is 6.07 Å². The fourth-order valence-electron chi connectivity index (χ4n) is 1.33. The molecule has 0 aliphatic heterocycles. The Morgan fingerprint density at radius 3 is 2.39 bits per heavy atom. The van der Waals surface area contributed by atoms with Gasteiger partial charge in [-0.15, -0.1) is 11.6 Å². The second kappa shape index (κ2) is 6.09. The van der Waals surface area contributed by atoms with Crippen molar-refractivity contribution in [2.75, 3.05) is 5.88 Å². The number of carbonyl (C=O) groups excluding carboxylic acids is 1. The van der Waals surface area contributed by atoms with E-state index in [1.807, 2.05) is 13.8 Å². The lowest BCUT2D eigenvalue weighted by atomic mass is 10.1. The van der Waals surface area contributed by atoms with Gasteiger partial charge in [-0.05, 0) is 18.1 Å². The van der Waals surface area contributed by atoms with E-state index in [0.29, 0.717) is 6.07 Å². The van der Waals surface area contributed by atoms with Crippen molar-refractivity contribution >= 4 is 17.5 Å². The van der Waals surface area contributed by atoms with Crippen molar-refractivity contribution in [3.05, 3.63) is 35.1 Å². The molecule has 0 aliphatic carbocycles. The monoisotopic (exact) mass is 279 g/mol. The molecule has 0 radical (unpaired) electrons. The van der Waals surface area contributed by atoms with E-state index in [4.69, 9.17) is 11.6 Å². The van der Waals surface area contributed by atoms with Crippen LogP contribution in [-0.2, 0) is 0 Å². The van der Waals surface area contributed by atoms with E-state index >= 15 is 0 Å². The Kier molecular flexibility index (Phi) is 5.02. The normalized spacial score (nSPS) is 12.6. The number of nitrogens with one attached hydrogen (secondary N) is 1. The van der Waals surface area contributed by atoms with Gasteiger partial charge in [0.1, 0.15) is 0 Å². The lowest BCUT2D eigenvalue weighted by Crippen LogP contribution is -2.40. The van der Waals surface area contributed by atoms with Crippen LogP contribution in [0.4, 0.5) is 13.2 Å². The van der Waals surface area contributed by atoms with Gasteiger partial charge in [-0.25, -0.2) is 13.2 Å². The SMILES string of the molecule is CC(C)C(CCl)NC(=O)c1ccc(F)c(F)c1F. The molecule has 0 bridgehead atoms. The van der Waals surface area contributed by atoms with Crippen LogP contribution in [0, 0.1) is 23.4 Å². The van der Waals surface area contributed by atoms with Gasteiger partial charge in [-0.1, -0.05) is 13.8 Å². The Labute approximate surface area is 108 Å². The summed E-state index contributed by atoms with van der Waals surface area (Å²) in [6.45, 7) is 3.66. The van der Waals surface area contributed by atoms with Gasteiger partial charge in [0.2, 0.25) is 0 Å². The van der Waals surface area contributed by atoms with Crippen molar-refractivity contribution in [3.8, 4) is 0 Å². The number of carbonyl (C=O) groups is 1. The first kappa shape index (κ1) is 14.8. The molecule has 1 N–H and O–H groups in total. The molecule has 1 unspecified atom stereocenters. The minimum absolute atomic E-state index is 0.0415. The highest BCUT2D eigenvalue weighted by Gasteiger charge is 2.22. The maximum absolute atomic E-state index is 13.4. The third kappa shape index (κ3) is 3.16. The molecular weight excluding hydrogens is 267 g/mol. The van der Waals surface area contributed by atoms with Crippen LogP contribution < -0.4 is 5.32 Å². The van der Waals surface area contributed by atoms with Crippen LogP contribution in [0.2, 0.25) is 0 Å². The van der Waals surface area contributed by atoms with E-state index in [9.17, 15) is 18.0 Å². The molecule has 0 spiro atoms. The molecule has 0 aromatic heterocycles. The largest absolute Gasteiger partial charge is 0.348 e. The molecule has 1 aromatic rings. The molecule has 0 heterocycles. The van der Waals surface area contributed by atoms with Crippen LogP contribution in [0.25, 0.3) is 0 Å². The molecular formula is C12H13ClF3NO. The van der Waals surface area contributed by atoms with Gasteiger partial charge in [0, 0.05) is 11.9 Å². The number of rotatable bonds is 4. The van der Waals surface area contributed by atoms with Crippen LogP contribution in [0.5, 0.6) is 0 Å². The predicted octanol–water partition coefficient (Wildman–Crippen LogP) is 3.10. The van der Waals surface area contributed by atoms with Crippen LogP contribution in [0.3, 0.4) is 0 Å². The Bertz CT molecular complexity index is 451. The lowest BCUT2D eigenvalue weighted by molar-refractivity contribution is 0.0926. The molecule has 0 aliphatic rings. The predicted molar refractivity (Wildman–Crippen MR) is 63.1 cm³/mol. The Morgan fingerprint density at radius 2 is 1.89 bits per heavy atom. The number of hydrogen-bond donors (Lipinski definition) is 1. The first-order valence-corrected chi connectivity index (χ1v) is 5.92. The third-order valence-electron chi connectivity index (χ3n) is 2.57. The summed E-state index contributed by atoms with van der Waals surface area (Å²) in [6.07, 6.45) is 0. The Balaban J connectivity index is 2.95. The molecule has 0 fully saturated rings. The number of amides is 1. The first-order valence-electron chi connectivity index (χ1n) is 5.38. The van der Waals surface area contributed by atoms with Crippen LogP contribution in [0.1, 0.15) is 24.2 Å². The zero-order valence-corrected chi connectivity index (χ0v) is 10.7. The van der Waals surface area contributed by atoms with Crippen LogP contribution in [0.15, 0.2) is 12.1 Å². The summed E-state index contributed by atoms with van der Waals surface area (Å²) in [5.74, 6) is -5.11. The van der Waals surface area contributed by atoms with Crippen molar-refractivity contribution in [3.63, 3.8) is 0 Å². The Morgan fingerprint density at radius 1 is 1.28 bits per heavy atom. The highest BCUT2D eigenvalue weighted by atomic mass is 35.5. The maximum Gasteiger partial charge on any atom is 0.254 e. The van der Waals surface area contributed by atoms with E-state index in [1.165, 1.54) is 0 Å². The van der Waals surface area contributed by atoms with Crippen molar-refractivity contribution in [2.24, 2.45) is 5.92 Å². The van der Waals surface area contributed by atoms with Crippen LogP contribution >= 0.6 is 11.6 Å². The molecule has 2 nitrogen and oxygen atoms in total. The summed E-state index contributed by atoms with van der Waals surface area (Å²) in [5, 5.41) is 2.47. The number of hydrogen-bond acceptors (Lipinski definition) is 1. The van der Waals surface area contributed by atoms with Crippen molar-refractivity contribution in [2.45, 2.75) is 19.9 Å². The summed E-state index contributed by atoms with van der Waals surface area (Å²) >= 11 is 5.65. The van der Waals surface area contributed by atoms with E-state index in [2.05, 4.69) is 5.32 Å². The standard InChI is InChI=1S/C12H13ClF3NO/c1-6(2)9(5-13)17-12(18)7-3-4-8(14)11(16)10(7)15/h3-4,6,9H,5H2,1-2H3,(H,17,18). The summed E-state index contributed by atoms with van der Waals surface area (Å²) in [4.78, 5) is 11.7. The molecule has 1 aromatic carbocycles. The van der Waals surface area contributed by atoms with Crippen molar-refractivity contribution in [1.82, 2.24) is 5.32 Å². The van der Waals surface area contributed by atoms with E-state index < -0.39 is 28.9 Å². The third-order valence-corrected chi connectivity index (χ3v) is 2.90. The fourth-order valence-corrected chi connectivity index (χ4v) is 1.76. The molecule has 1 atom stereocenters. The number of halogens is 4. The van der Waals surface area contributed by atoms with E-state index in [1.54, 1.807) is 0 Å². The average Bonchev–Trinajstić information content (AvgIpc) is 2.32. The number of benzene rings is 1. The summed E-state index contributed by atoms with van der Waals surface area (Å²) in [6, 6.07) is 1.24. The highest BCUT2D eigenvalue weighted by molar-refractivity contribution is 6.18. The van der Waals surface area contributed by atoms with Gasteiger partial charge in [-0.3, -0.25) is 4.79 Å². The second-order valence-corrected chi connectivity index (χ2v) is 4.51. The molecule has 1 rings (SSSR count). The average molecular weight is 280 g/mol. The van der Waals surface area contributed by atoms with Gasteiger partial charge >= 0.3 is 0 Å². The van der Waals surface area contributed by atoms with Gasteiger partial charge < -0.3 is 5.32 Å². The minimum Gasteiger partial charge on any atom is -0.348 e. The molecule has 0 saturated heterocycles. The molecule has 1 amide bonds. The first-order chi connectivity index (χ1) is 8.38. The zero-order chi connectivity index (χ0) is 13.9. The number of alkyl halides is 1. The topological polar surface area (TPSA) is 29.1 Å². The smallest absolute Gasteiger partial charge is 0.254 e. The molecule has 0 saturated carbocycles. The second-order valence-electron chi connectivity index (χ2n) is 4.20. The Hall–Kier alpha value is -1.23. The van der Waals surface area contributed by atoms with E-state index in [-0.39, 0.29) is 17.8 Å². The van der Waals surface area contributed by atoms with Gasteiger partial charge in [-0.2, -0.15) is 0 Å². The quantitative estimate of drug-likeness (QED) is 0.666. The van der Waals surface area contributed by atoms with Gasteiger partial charge in [0.05, 0.1) is 5.56 Å². The minimum atomic E-state index is -1.66. The van der Waals surface area contributed by atoms with Crippen molar-refractivity contribution < 1.29 is 18.0 Å².